The number of hydrogen-bond donors (Lipinski definition) is 0. The van der Waals surface area contributed by atoms with Crippen LogP contribution in [0.2, 0.25) is 0 Å². The standard InChI is InChI=1S/C22H28N2O/c1-23(2)21-13-9-19(10-14-21)7-5-17-25-18-6-8-20-11-15-22(16-12-20)24(3)4/h5-6,9-18H,7-8H2,1-4H3. The van der Waals surface area contributed by atoms with Gasteiger partial charge < -0.3 is 14.5 Å². The van der Waals surface area contributed by atoms with Crippen LogP contribution in [0.15, 0.2) is 73.2 Å². The molecule has 0 fully saturated rings. The van der Waals surface area contributed by atoms with Crippen molar-refractivity contribution in [3.63, 3.8) is 0 Å². The van der Waals surface area contributed by atoms with E-state index in [1.807, 2.05) is 40.3 Å². The normalized spacial score (nSPS) is 11.2. The van der Waals surface area contributed by atoms with Crippen molar-refractivity contribution in [3.8, 4) is 0 Å². The van der Waals surface area contributed by atoms with Crippen LogP contribution in [0.1, 0.15) is 11.1 Å². The second kappa shape index (κ2) is 9.58. The Labute approximate surface area is 151 Å². The number of anilines is 2. The predicted octanol–water partition coefficient (Wildman–Crippen LogP) is 4.65. The molecule has 2 rings (SSSR count). The summed E-state index contributed by atoms with van der Waals surface area (Å²) < 4.78 is 5.42. The van der Waals surface area contributed by atoms with Crippen LogP contribution in [0, 0.1) is 0 Å². The molecule has 0 radical (unpaired) electrons. The van der Waals surface area contributed by atoms with Crippen molar-refractivity contribution in [2.24, 2.45) is 0 Å². The smallest absolute Gasteiger partial charge is 0.0864 e. The van der Waals surface area contributed by atoms with E-state index in [4.69, 9.17) is 4.74 Å². The molecule has 0 atom stereocenters. The van der Waals surface area contributed by atoms with Crippen LogP contribution >= 0.6 is 0 Å². The van der Waals surface area contributed by atoms with Crippen LogP contribution in [0.4, 0.5) is 11.4 Å². The molecule has 0 saturated carbocycles. The largest absolute Gasteiger partial charge is 0.473 e. The van der Waals surface area contributed by atoms with Crippen molar-refractivity contribution in [1.82, 2.24) is 0 Å². The first-order valence-electron chi connectivity index (χ1n) is 8.54. The van der Waals surface area contributed by atoms with Gasteiger partial charge in [-0.15, -0.1) is 0 Å². The zero-order chi connectivity index (χ0) is 18.1. The minimum atomic E-state index is 0.869. The van der Waals surface area contributed by atoms with Crippen LogP contribution in [0.25, 0.3) is 0 Å². The number of hydrogen-bond acceptors (Lipinski definition) is 3. The molecule has 2 aromatic rings. The number of nitrogens with zero attached hydrogens (tertiary/aromatic N) is 2. The Balaban J connectivity index is 1.70. The number of allylic oxidation sites excluding steroid dienone is 2. The minimum Gasteiger partial charge on any atom is -0.473 e. The highest BCUT2D eigenvalue weighted by Gasteiger charge is 1.95. The molecule has 0 saturated heterocycles. The van der Waals surface area contributed by atoms with E-state index in [2.05, 4.69) is 58.3 Å². The zero-order valence-electron chi connectivity index (χ0n) is 15.6. The Kier molecular flexibility index (Phi) is 7.15. The van der Waals surface area contributed by atoms with Gasteiger partial charge in [0.15, 0.2) is 0 Å². The summed E-state index contributed by atoms with van der Waals surface area (Å²) in [5.41, 5.74) is 4.97. The van der Waals surface area contributed by atoms with Gasteiger partial charge in [0, 0.05) is 39.6 Å². The van der Waals surface area contributed by atoms with Gasteiger partial charge in [-0.3, -0.25) is 0 Å². The van der Waals surface area contributed by atoms with Gasteiger partial charge >= 0.3 is 0 Å². The Hall–Kier alpha value is -2.68. The average Bonchev–Trinajstić information content (AvgIpc) is 2.61. The van der Waals surface area contributed by atoms with E-state index in [9.17, 15) is 0 Å². The maximum atomic E-state index is 5.42. The fraction of sp³-hybridized carbons (Fsp3) is 0.273. The summed E-state index contributed by atoms with van der Waals surface area (Å²) in [6.45, 7) is 0. The Bertz CT molecular complexity index is 621. The first-order chi connectivity index (χ1) is 12.1. The van der Waals surface area contributed by atoms with Gasteiger partial charge in [-0.1, -0.05) is 24.3 Å². The summed E-state index contributed by atoms with van der Waals surface area (Å²) >= 11 is 0. The molecule has 0 unspecified atom stereocenters. The summed E-state index contributed by atoms with van der Waals surface area (Å²) in [5, 5.41) is 0. The van der Waals surface area contributed by atoms with Crippen LogP contribution < -0.4 is 9.80 Å². The summed E-state index contributed by atoms with van der Waals surface area (Å²) in [7, 11) is 8.19. The number of benzene rings is 2. The lowest BCUT2D eigenvalue weighted by atomic mass is 10.1. The number of rotatable bonds is 8. The second-order valence-electron chi connectivity index (χ2n) is 6.41. The summed E-state index contributed by atoms with van der Waals surface area (Å²) in [6, 6.07) is 17.1. The van der Waals surface area contributed by atoms with Crippen molar-refractivity contribution in [2.45, 2.75) is 12.8 Å². The molecule has 25 heavy (non-hydrogen) atoms. The van der Waals surface area contributed by atoms with E-state index >= 15 is 0 Å². The van der Waals surface area contributed by atoms with E-state index < -0.39 is 0 Å². The first kappa shape index (κ1) is 18.7. The molecule has 0 bridgehead atoms. The molecule has 0 aliphatic rings. The Morgan fingerprint density at radius 1 is 0.640 bits per heavy atom. The average molecular weight is 336 g/mol. The van der Waals surface area contributed by atoms with Crippen molar-refractivity contribution in [3.05, 3.63) is 84.3 Å². The molecule has 0 spiro atoms. The summed E-state index contributed by atoms with van der Waals surface area (Å²) in [5.74, 6) is 0. The molecular weight excluding hydrogens is 308 g/mol. The van der Waals surface area contributed by atoms with Crippen molar-refractivity contribution >= 4 is 11.4 Å². The van der Waals surface area contributed by atoms with Crippen LogP contribution in [0.5, 0.6) is 0 Å². The molecular formula is C22H28N2O. The quantitative estimate of drug-likeness (QED) is 0.653. The molecule has 2 aromatic carbocycles. The first-order valence-corrected chi connectivity index (χ1v) is 8.54. The van der Waals surface area contributed by atoms with Gasteiger partial charge in [0.25, 0.3) is 0 Å². The predicted molar refractivity (Wildman–Crippen MR) is 108 cm³/mol. The summed E-state index contributed by atoms with van der Waals surface area (Å²) in [4.78, 5) is 4.20. The van der Waals surface area contributed by atoms with Gasteiger partial charge in [0.05, 0.1) is 12.5 Å². The highest BCUT2D eigenvalue weighted by Crippen LogP contribution is 2.13. The number of ether oxygens (including phenoxy) is 1. The molecule has 0 amide bonds. The fourth-order valence-corrected chi connectivity index (χ4v) is 2.39. The molecule has 0 aliphatic heterocycles. The van der Waals surface area contributed by atoms with Gasteiger partial charge in [-0.2, -0.15) is 0 Å². The molecule has 3 heteroatoms. The molecule has 3 nitrogen and oxygen atoms in total. The third-order valence-corrected chi connectivity index (χ3v) is 3.96. The monoisotopic (exact) mass is 336 g/mol. The van der Waals surface area contributed by atoms with Crippen molar-refractivity contribution in [2.75, 3.05) is 38.0 Å². The highest BCUT2D eigenvalue weighted by atomic mass is 16.5. The second-order valence-corrected chi connectivity index (χ2v) is 6.41. The zero-order valence-corrected chi connectivity index (χ0v) is 15.6. The Morgan fingerprint density at radius 3 is 1.32 bits per heavy atom. The van der Waals surface area contributed by atoms with E-state index in [-0.39, 0.29) is 0 Å². The molecule has 0 aliphatic carbocycles. The van der Waals surface area contributed by atoms with E-state index in [0.717, 1.165) is 12.8 Å². The van der Waals surface area contributed by atoms with Crippen LogP contribution in [-0.4, -0.2) is 28.2 Å². The van der Waals surface area contributed by atoms with E-state index in [0.29, 0.717) is 0 Å². The molecule has 0 aromatic heterocycles. The van der Waals surface area contributed by atoms with Crippen LogP contribution in [-0.2, 0) is 17.6 Å². The van der Waals surface area contributed by atoms with Gasteiger partial charge in [0.2, 0.25) is 0 Å². The Morgan fingerprint density at radius 2 is 1.00 bits per heavy atom. The lowest BCUT2D eigenvalue weighted by molar-refractivity contribution is 0.399. The van der Waals surface area contributed by atoms with Gasteiger partial charge in [0.1, 0.15) is 0 Å². The molecule has 132 valence electrons. The molecule has 0 heterocycles. The van der Waals surface area contributed by atoms with E-state index in [1.54, 1.807) is 12.5 Å². The van der Waals surface area contributed by atoms with Crippen LogP contribution in [0.3, 0.4) is 0 Å². The van der Waals surface area contributed by atoms with E-state index in [1.165, 1.54) is 22.5 Å². The highest BCUT2D eigenvalue weighted by molar-refractivity contribution is 5.47. The maximum Gasteiger partial charge on any atom is 0.0864 e. The minimum absolute atomic E-state index is 0.869. The SMILES string of the molecule is CN(C)c1ccc(CC=COC=CCc2ccc(N(C)C)cc2)cc1. The summed E-state index contributed by atoms with van der Waals surface area (Å²) in [6.07, 6.45) is 9.28. The third kappa shape index (κ3) is 6.38. The lowest BCUT2D eigenvalue weighted by Gasteiger charge is -2.12. The van der Waals surface area contributed by atoms with Gasteiger partial charge in [-0.05, 0) is 60.4 Å². The third-order valence-electron chi connectivity index (χ3n) is 3.96. The maximum absolute atomic E-state index is 5.42. The van der Waals surface area contributed by atoms with Crippen molar-refractivity contribution in [1.29, 1.82) is 0 Å². The lowest BCUT2D eigenvalue weighted by Crippen LogP contribution is -2.08. The van der Waals surface area contributed by atoms with Crippen molar-refractivity contribution < 1.29 is 4.74 Å². The molecule has 0 N–H and O–H groups in total. The topological polar surface area (TPSA) is 15.7 Å². The fourth-order valence-electron chi connectivity index (χ4n) is 2.39. The van der Waals surface area contributed by atoms with Gasteiger partial charge in [-0.25, -0.2) is 0 Å².